The lowest BCUT2D eigenvalue weighted by Crippen LogP contribution is -2.47. The fraction of sp³-hybridized carbons (Fsp3) is 0.600. The highest BCUT2D eigenvalue weighted by atomic mass is 19.4. The van der Waals surface area contributed by atoms with Gasteiger partial charge in [0.2, 0.25) is 5.91 Å². The zero-order chi connectivity index (χ0) is 19.2. The van der Waals surface area contributed by atoms with Crippen molar-refractivity contribution in [1.29, 1.82) is 0 Å². The van der Waals surface area contributed by atoms with Crippen LogP contribution in [-0.2, 0) is 9.59 Å². The molecule has 7 heteroatoms. The molecule has 4 aliphatic carbocycles. The average molecular weight is 380 g/mol. The second kappa shape index (κ2) is 6.53. The van der Waals surface area contributed by atoms with Crippen LogP contribution in [0.4, 0.5) is 24.5 Å². The molecule has 4 fully saturated rings. The molecule has 4 nitrogen and oxygen atoms in total. The van der Waals surface area contributed by atoms with Crippen LogP contribution in [0.15, 0.2) is 24.3 Å². The molecule has 0 spiro atoms. The minimum Gasteiger partial charge on any atom is -0.326 e. The van der Waals surface area contributed by atoms with E-state index in [4.69, 9.17) is 0 Å². The van der Waals surface area contributed by atoms with Crippen molar-refractivity contribution in [2.24, 2.45) is 23.2 Å². The molecule has 0 unspecified atom stereocenters. The predicted octanol–water partition coefficient (Wildman–Crippen LogP) is 4.73. The van der Waals surface area contributed by atoms with Gasteiger partial charge in [-0.2, -0.15) is 13.2 Å². The van der Waals surface area contributed by atoms with Gasteiger partial charge < -0.3 is 10.6 Å². The third-order valence-corrected chi connectivity index (χ3v) is 6.36. The van der Waals surface area contributed by atoms with Crippen molar-refractivity contribution >= 4 is 23.2 Å². The molecule has 4 aliphatic rings. The first kappa shape index (κ1) is 18.3. The highest BCUT2D eigenvalue weighted by Crippen LogP contribution is 2.61. The SMILES string of the molecule is O=C(CC12CC3CC(CC(C3)C1)C2)Nc1cccc(NC(=O)C(F)(F)F)c1. The largest absolute Gasteiger partial charge is 0.471 e. The number of hydrogen-bond donors (Lipinski definition) is 2. The summed E-state index contributed by atoms with van der Waals surface area (Å²) in [6.07, 6.45) is 2.80. The topological polar surface area (TPSA) is 58.2 Å². The minimum absolute atomic E-state index is 0.00456. The summed E-state index contributed by atoms with van der Waals surface area (Å²) in [5.41, 5.74) is 0.496. The van der Waals surface area contributed by atoms with Gasteiger partial charge in [0.25, 0.3) is 0 Å². The Bertz CT molecular complexity index is 725. The van der Waals surface area contributed by atoms with Gasteiger partial charge in [-0.3, -0.25) is 9.59 Å². The first-order valence-corrected chi connectivity index (χ1v) is 9.49. The fourth-order valence-electron chi connectivity index (χ4n) is 5.93. The van der Waals surface area contributed by atoms with Gasteiger partial charge in [0.15, 0.2) is 0 Å². The van der Waals surface area contributed by atoms with Gasteiger partial charge >= 0.3 is 12.1 Å². The van der Waals surface area contributed by atoms with E-state index in [2.05, 4.69) is 5.32 Å². The molecular formula is C20H23F3N2O2. The van der Waals surface area contributed by atoms with Crippen molar-refractivity contribution in [2.45, 2.75) is 51.1 Å². The predicted molar refractivity (Wildman–Crippen MR) is 95.0 cm³/mol. The van der Waals surface area contributed by atoms with E-state index in [0.717, 1.165) is 37.0 Å². The molecule has 4 bridgehead atoms. The van der Waals surface area contributed by atoms with Gasteiger partial charge in [-0.15, -0.1) is 0 Å². The van der Waals surface area contributed by atoms with E-state index in [0.29, 0.717) is 12.1 Å². The van der Waals surface area contributed by atoms with Crippen LogP contribution in [0.5, 0.6) is 0 Å². The van der Waals surface area contributed by atoms with E-state index in [9.17, 15) is 22.8 Å². The second-order valence-electron chi connectivity index (χ2n) is 8.68. The summed E-state index contributed by atoms with van der Waals surface area (Å²) in [6.45, 7) is 0. The molecule has 4 saturated carbocycles. The Morgan fingerprint density at radius 2 is 1.48 bits per heavy atom. The number of amides is 2. The maximum atomic E-state index is 12.6. The average Bonchev–Trinajstić information content (AvgIpc) is 2.52. The smallest absolute Gasteiger partial charge is 0.326 e. The Morgan fingerprint density at radius 3 is 2.00 bits per heavy atom. The molecule has 0 heterocycles. The Kier molecular flexibility index (Phi) is 4.43. The fourth-order valence-corrected chi connectivity index (χ4v) is 5.93. The van der Waals surface area contributed by atoms with Crippen molar-refractivity contribution in [1.82, 2.24) is 0 Å². The maximum absolute atomic E-state index is 12.6. The minimum atomic E-state index is -4.95. The van der Waals surface area contributed by atoms with Crippen molar-refractivity contribution in [3.8, 4) is 0 Å². The molecule has 1 aromatic rings. The summed E-state index contributed by atoms with van der Waals surface area (Å²) >= 11 is 0. The Morgan fingerprint density at radius 1 is 0.963 bits per heavy atom. The third-order valence-electron chi connectivity index (χ3n) is 6.36. The lowest BCUT2D eigenvalue weighted by Gasteiger charge is -2.56. The normalized spacial score (nSPS) is 31.6. The molecule has 0 aliphatic heterocycles. The molecular weight excluding hydrogens is 357 g/mol. The van der Waals surface area contributed by atoms with E-state index in [1.807, 2.05) is 0 Å². The summed E-state index contributed by atoms with van der Waals surface area (Å²) in [5, 5.41) is 4.60. The molecule has 1 aromatic carbocycles. The molecule has 0 radical (unpaired) electrons. The first-order valence-electron chi connectivity index (χ1n) is 9.49. The number of halogens is 3. The zero-order valence-corrected chi connectivity index (χ0v) is 14.9. The second-order valence-corrected chi connectivity index (χ2v) is 8.68. The Balaban J connectivity index is 1.39. The van der Waals surface area contributed by atoms with Crippen LogP contribution in [0.3, 0.4) is 0 Å². The summed E-state index contributed by atoms with van der Waals surface area (Å²) in [6, 6.07) is 5.83. The highest BCUT2D eigenvalue weighted by molar-refractivity contribution is 5.96. The van der Waals surface area contributed by atoms with E-state index >= 15 is 0 Å². The Labute approximate surface area is 155 Å². The number of carbonyl (C=O) groups is 2. The summed E-state index contributed by atoms with van der Waals surface area (Å²) < 4.78 is 37.1. The van der Waals surface area contributed by atoms with Crippen LogP contribution < -0.4 is 10.6 Å². The van der Waals surface area contributed by atoms with E-state index < -0.39 is 12.1 Å². The summed E-state index contributed by atoms with van der Waals surface area (Å²) in [5.74, 6) is 0.135. The number of rotatable bonds is 4. The number of benzene rings is 1. The first-order chi connectivity index (χ1) is 12.7. The van der Waals surface area contributed by atoms with Crippen LogP contribution in [0.1, 0.15) is 44.9 Å². The molecule has 27 heavy (non-hydrogen) atoms. The van der Waals surface area contributed by atoms with Crippen molar-refractivity contribution in [3.05, 3.63) is 24.3 Å². The zero-order valence-electron chi connectivity index (χ0n) is 14.9. The van der Waals surface area contributed by atoms with Gasteiger partial charge in [0.05, 0.1) is 0 Å². The van der Waals surface area contributed by atoms with Crippen LogP contribution in [0, 0.1) is 23.2 Å². The summed E-state index contributed by atoms with van der Waals surface area (Å²) in [4.78, 5) is 23.7. The van der Waals surface area contributed by atoms with Crippen molar-refractivity contribution < 1.29 is 22.8 Å². The standard InChI is InChI=1S/C20H23F3N2O2/c21-20(22,23)18(27)25-16-3-1-2-15(7-16)24-17(26)11-19-8-12-4-13(9-19)6-14(5-12)10-19/h1-3,7,12-14H,4-6,8-11H2,(H,24,26)(H,25,27). The third kappa shape index (κ3) is 3.96. The number of hydrogen-bond acceptors (Lipinski definition) is 2. The van der Waals surface area contributed by atoms with Gasteiger partial charge in [0.1, 0.15) is 0 Å². The lowest BCUT2D eigenvalue weighted by atomic mass is 9.49. The van der Waals surface area contributed by atoms with Gasteiger partial charge in [-0.05, 0) is 79.9 Å². The van der Waals surface area contributed by atoms with Crippen molar-refractivity contribution in [3.63, 3.8) is 0 Å². The molecule has 2 N–H and O–H groups in total. The van der Waals surface area contributed by atoms with Crippen LogP contribution in [0.25, 0.3) is 0 Å². The quantitative estimate of drug-likeness (QED) is 0.793. The van der Waals surface area contributed by atoms with Gasteiger partial charge in [-0.25, -0.2) is 0 Å². The van der Waals surface area contributed by atoms with Crippen molar-refractivity contribution in [2.75, 3.05) is 10.6 Å². The highest BCUT2D eigenvalue weighted by Gasteiger charge is 2.51. The van der Waals surface area contributed by atoms with Gasteiger partial charge in [0, 0.05) is 17.8 Å². The number of alkyl halides is 3. The molecule has 0 saturated heterocycles. The van der Waals surface area contributed by atoms with Gasteiger partial charge in [-0.1, -0.05) is 6.07 Å². The lowest BCUT2D eigenvalue weighted by molar-refractivity contribution is -0.167. The van der Waals surface area contributed by atoms with Crippen LogP contribution in [0.2, 0.25) is 0 Å². The summed E-state index contributed by atoms with van der Waals surface area (Å²) in [7, 11) is 0. The number of carbonyl (C=O) groups excluding carboxylic acids is 2. The Hall–Kier alpha value is -2.05. The molecule has 146 valence electrons. The van der Waals surface area contributed by atoms with Crippen LogP contribution in [-0.4, -0.2) is 18.0 Å². The number of anilines is 2. The van der Waals surface area contributed by atoms with E-state index in [1.54, 1.807) is 11.4 Å². The molecule has 0 aromatic heterocycles. The number of nitrogens with one attached hydrogen (secondary N) is 2. The van der Waals surface area contributed by atoms with E-state index in [1.165, 1.54) is 37.5 Å². The maximum Gasteiger partial charge on any atom is 0.471 e. The van der Waals surface area contributed by atoms with E-state index in [-0.39, 0.29) is 17.0 Å². The molecule has 2 amide bonds. The molecule has 0 atom stereocenters. The monoisotopic (exact) mass is 380 g/mol. The van der Waals surface area contributed by atoms with Crippen LogP contribution >= 0.6 is 0 Å². The molecule has 5 rings (SSSR count).